The normalized spacial score (nSPS) is 18.1. The van der Waals surface area contributed by atoms with Gasteiger partial charge in [0.1, 0.15) is 11.6 Å². The molecule has 6 aliphatic rings. The van der Waals surface area contributed by atoms with Gasteiger partial charge in [-0.15, -0.1) is 0 Å². The second kappa shape index (κ2) is 22.7. The molecule has 2 spiro atoms. The minimum absolute atomic E-state index is 0.0274. The summed E-state index contributed by atoms with van der Waals surface area (Å²) < 4.78 is 55.4. The van der Waals surface area contributed by atoms with Crippen molar-refractivity contribution in [1.29, 1.82) is 0 Å². The molecule has 6 aliphatic heterocycles. The van der Waals surface area contributed by atoms with Gasteiger partial charge in [-0.25, -0.2) is 23.7 Å². The van der Waals surface area contributed by atoms with Crippen LogP contribution in [0.1, 0.15) is 47.9 Å². The Morgan fingerprint density at radius 2 is 1.20 bits per heavy atom. The topological polar surface area (TPSA) is 139 Å². The van der Waals surface area contributed by atoms with Gasteiger partial charge in [0.15, 0.2) is 0 Å². The number of anilines is 5. The monoisotopic (exact) mass is 1100 g/mol. The minimum Gasteiger partial charge on any atom is -0.481 e. The van der Waals surface area contributed by atoms with Gasteiger partial charge in [-0.05, 0) is 117 Å². The summed E-state index contributed by atoms with van der Waals surface area (Å²) in [6.07, 6.45) is 4.18. The van der Waals surface area contributed by atoms with Crippen molar-refractivity contribution in [3.8, 4) is 28.7 Å². The molecule has 0 amide bonds. The molecule has 80 heavy (non-hydrogen) atoms. The second-order valence-electron chi connectivity index (χ2n) is 21.5. The van der Waals surface area contributed by atoms with E-state index in [-0.39, 0.29) is 22.6 Å². The predicted octanol–water partition coefficient (Wildman–Crippen LogP) is 11.5. The highest BCUT2D eigenvalue weighted by molar-refractivity contribution is 6.36. The average Bonchev–Trinajstić information content (AvgIpc) is 4.17. The Hall–Kier alpha value is -7.21. The van der Waals surface area contributed by atoms with E-state index in [0.29, 0.717) is 50.1 Å². The van der Waals surface area contributed by atoms with Crippen molar-refractivity contribution in [2.24, 2.45) is 0 Å². The number of hydrogen-bond acceptors (Lipinski definition) is 13. The second-order valence-corrected chi connectivity index (χ2v) is 21.9. The molecular weight excluding hydrogens is 1040 g/mol. The van der Waals surface area contributed by atoms with Gasteiger partial charge >= 0.3 is 0 Å². The molecule has 4 aromatic carbocycles. The fourth-order valence-corrected chi connectivity index (χ4v) is 12.8. The Morgan fingerprint density at radius 3 is 1.86 bits per heavy atom. The predicted molar refractivity (Wildman–Crippen MR) is 312 cm³/mol. The molecule has 17 heteroatoms. The van der Waals surface area contributed by atoms with Crippen LogP contribution in [0, 0.1) is 25.5 Å². The number of aromatic nitrogens is 4. The fraction of sp³-hybridized carbons (Fsp3) is 0.365. The Bertz CT molecular complexity index is 3650. The van der Waals surface area contributed by atoms with Crippen molar-refractivity contribution in [2.75, 3.05) is 119 Å². The van der Waals surface area contributed by atoms with E-state index in [2.05, 4.69) is 71.4 Å². The zero-order valence-corrected chi connectivity index (χ0v) is 46.1. The van der Waals surface area contributed by atoms with Crippen LogP contribution in [0.3, 0.4) is 0 Å². The van der Waals surface area contributed by atoms with Crippen molar-refractivity contribution < 1.29 is 32.5 Å². The number of H-pyrrole nitrogens is 1. The lowest BCUT2D eigenvalue weighted by Gasteiger charge is -2.35. The summed E-state index contributed by atoms with van der Waals surface area (Å²) in [4.78, 5) is 36.0. The Morgan fingerprint density at radius 1 is 0.613 bits per heavy atom. The SMILES string of the molecule is COc1cccc(-c2nc3cc(F)ccc3c(Cl)c2C)n1.Cc1c(-c2cccc(=O)[nH]2)nc2cc(F)ccc2c1N1CC2(CCOCC2)c2ccc(N3CCOCC3)cc21.c1cc2c(cc1N1CCOCC1)NCC21CCOCC1. The standard InChI is InChI=1S/C31H31FN4O3.C16H12ClFN2O.C16H22N2O2/c1-20-29(25-3-2-4-28(37)33-25)34-26-17-21(32)5-7-23(26)30(20)36-19-31(9-13-38-14-10-31)24-8-6-22(18-27(24)36)35-11-15-39-16-12-35;1-9-15(17)11-7-6-10(18)8-13(11)20-16(9)12-4-3-5-14(19-12)21-2;1-2-14-15(11-13(1)18-5-9-20-10-6-18)17-12-16(14)3-7-19-8-4-16/h2-8,17-18H,9-16,19H2,1H3,(H,33,37);3-8H,1-2H3;1-2,11,17H,3-10,12H2. The van der Waals surface area contributed by atoms with Crippen molar-refractivity contribution in [2.45, 2.75) is 50.4 Å². The number of fused-ring (bicyclic) bond motifs is 6. The summed E-state index contributed by atoms with van der Waals surface area (Å²) >= 11 is 6.39. The summed E-state index contributed by atoms with van der Waals surface area (Å²) in [7, 11) is 1.55. The van der Waals surface area contributed by atoms with Crippen LogP contribution in [0.15, 0.2) is 114 Å². The van der Waals surface area contributed by atoms with Crippen LogP contribution < -0.4 is 30.3 Å². The summed E-state index contributed by atoms with van der Waals surface area (Å²) in [5.41, 5.74) is 14.3. The van der Waals surface area contributed by atoms with E-state index in [0.717, 1.165) is 145 Å². The maximum Gasteiger partial charge on any atom is 0.248 e. The van der Waals surface area contributed by atoms with Crippen molar-refractivity contribution in [3.05, 3.63) is 158 Å². The van der Waals surface area contributed by atoms with E-state index in [9.17, 15) is 13.6 Å². The van der Waals surface area contributed by atoms with Crippen LogP contribution in [0.25, 0.3) is 44.6 Å². The van der Waals surface area contributed by atoms with Gasteiger partial charge in [-0.3, -0.25) is 4.79 Å². The van der Waals surface area contributed by atoms with Gasteiger partial charge in [-0.2, -0.15) is 0 Å². The molecule has 10 heterocycles. The molecule has 0 aliphatic carbocycles. The molecular formula is C63H65ClF2N8O6. The highest BCUT2D eigenvalue weighted by Gasteiger charge is 2.46. The fourth-order valence-electron chi connectivity index (χ4n) is 12.5. The van der Waals surface area contributed by atoms with Crippen LogP contribution in [0.5, 0.6) is 5.88 Å². The van der Waals surface area contributed by atoms with E-state index in [1.165, 1.54) is 64.2 Å². The molecule has 0 atom stereocenters. The number of halogens is 3. The van der Waals surface area contributed by atoms with E-state index in [4.69, 9.17) is 40.3 Å². The lowest BCUT2D eigenvalue weighted by molar-refractivity contribution is 0.0558. The average molecular weight is 1100 g/mol. The lowest BCUT2D eigenvalue weighted by Crippen LogP contribution is -2.37. The smallest absolute Gasteiger partial charge is 0.248 e. The third-order valence-electron chi connectivity index (χ3n) is 16.9. The molecule has 0 saturated carbocycles. The molecule has 4 saturated heterocycles. The quantitative estimate of drug-likeness (QED) is 0.163. The molecule has 0 radical (unpaired) electrons. The van der Waals surface area contributed by atoms with E-state index >= 15 is 0 Å². The maximum atomic E-state index is 14.5. The molecule has 0 bridgehead atoms. The molecule has 8 aromatic rings. The third kappa shape index (κ3) is 10.4. The van der Waals surface area contributed by atoms with Crippen LogP contribution in [-0.2, 0) is 29.8 Å². The molecule has 4 fully saturated rings. The van der Waals surface area contributed by atoms with E-state index in [1.807, 2.05) is 38.1 Å². The largest absolute Gasteiger partial charge is 0.481 e. The zero-order chi connectivity index (χ0) is 55.0. The molecule has 414 valence electrons. The van der Waals surface area contributed by atoms with Gasteiger partial charge in [0, 0.05) is 140 Å². The first kappa shape index (κ1) is 53.4. The Kier molecular flexibility index (Phi) is 15.2. The van der Waals surface area contributed by atoms with Crippen molar-refractivity contribution >= 4 is 61.8 Å². The summed E-state index contributed by atoms with van der Waals surface area (Å²) in [5, 5.41) is 5.80. The first-order valence-electron chi connectivity index (χ1n) is 27.7. The maximum absolute atomic E-state index is 14.5. The third-order valence-corrected chi connectivity index (χ3v) is 17.4. The zero-order valence-electron chi connectivity index (χ0n) is 45.4. The Balaban J connectivity index is 0.000000131. The Labute approximate surface area is 469 Å². The highest BCUT2D eigenvalue weighted by Crippen LogP contribution is 2.53. The van der Waals surface area contributed by atoms with E-state index in [1.54, 1.807) is 25.3 Å². The van der Waals surface area contributed by atoms with Gasteiger partial charge in [0.05, 0.1) is 78.1 Å². The van der Waals surface area contributed by atoms with Crippen LogP contribution in [0.2, 0.25) is 5.02 Å². The number of nitrogens with one attached hydrogen (secondary N) is 2. The van der Waals surface area contributed by atoms with Crippen molar-refractivity contribution in [1.82, 2.24) is 19.9 Å². The number of benzene rings is 4. The molecule has 14 rings (SSSR count). The van der Waals surface area contributed by atoms with Crippen LogP contribution in [-0.4, -0.2) is 119 Å². The number of aromatic amines is 1. The first-order chi connectivity index (χ1) is 39.0. The minimum atomic E-state index is -0.348. The number of ether oxygens (including phenoxy) is 5. The summed E-state index contributed by atoms with van der Waals surface area (Å²) in [6, 6.07) is 33.5. The van der Waals surface area contributed by atoms with Gasteiger partial charge < -0.3 is 48.7 Å². The molecule has 0 unspecified atom stereocenters. The lowest BCUT2D eigenvalue weighted by atomic mass is 9.76. The molecule has 14 nitrogen and oxygen atoms in total. The highest BCUT2D eigenvalue weighted by atomic mass is 35.5. The van der Waals surface area contributed by atoms with Crippen LogP contribution in [0.4, 0.5) is 37.2 Å². The number of pyridine rings is 4. The van der Waals surface area contributed by atoms with Crippen LogP contribution >= 0.6 is 11.6 Å². The molecule has 2 N–H and O–H groups in total. The molecule has 4 aromatic heterocycles. The number of morpholine rings is 2. The number of hydrogen-bond donors (Lipinski definition) is 2. The van der Waals surface area contributed by atoms with Crippen molar-refractivity contribution in [3.63, 3.8) is 0 Å². The summed E-state index contributed by atoms with van der Waals surface area (Å²) in [5.74, 6) is -0.196. The summed E-state index contributed by atoms with van der Waals surface area (Å²) in [6.45, 7) is 15.9. The van der Waals surface area contributed by atoms with Gasteiger partial charge in [0.25, 0.3) is 0 Å². The van der Waals surface area contributed by atoms with E-state index < -0.39 is 0 Å². The number of rotatable bonds is 6. The number of methoxy groups -OCH3 is 1. The number of nitrogens with zero attached hydrogens (tertiary/aromatic N) is 6. The first-order valence-corrected chi connectivity index (χ1v) is 28.1. The van der Waals surface area contributed by atoms with Gasteiger partial charge in [0.2, 0.25) is 11.4 Å². The van der Waals surface area contributed by atoms with Gasteiger partial charge in [-0.1, -0.05) is 35.9 Å².